The van der Waals surface area contributed by atoms with Gasteiger partial charge in [0.2, 0.25) is 0 Å². The summed E-state index contributed by atoms with van der Waals surface area (Å²) in [5, 5.41) is 1.45. The molecular weight excluding hydrogens is 205 g/mol. The first-order valence-electron chi connectivity index (χ1n) is 4.41. The van der Waals surface area contributed by atoms with Crippen LogP contribution in [0.15, 0.2) is 18.2 Å². The molecule has 0 unspecified atom stereocenters. The first kappa shape index (κ1) is 9.32. The number of nitrogens with zero attached hydrogens (tertiary/aromatic N) is 1. The van der Waals surface area contributed by atoms with Gasteiger partial charge in [0.15, 0.2) is 0 Å². The third kappa shape index (κ3) is 2.37. The van der Waals surface area contributed by atoms with E-state index in [9.17, 15) is 0 Å². The maximum atomic E-state index is 5.89. The van der Waals surface area contributed by atoms with Gasteiger partial charge in [-0.2, -0.15) is 0 Å². The highest BCUT2D eigenvalue weighted by atomic mass is 35.5. The number of likely N-dealkylation sites (tertiary alicyclic amines) is 1. The van der Waals surface area contributed by atoms with Crippen molar-refractivity contribution in [3.63, 3.8) is 0 Å². The van der Waals surface area contributed by atoms with Gasteiger partial charge in [0, 0.05) is 16.6 Å². The van der Waals surface area contributed by atoms with Crippen LogP contribution in [0.3, 0.4) is 0 Å². The fourth-order valence-corrected chi connectivity index (χ4v) is 2.07. The monoisotopic (exact) mass is 215 g/mol. The molecule has 0 saturated carbocycles. The molecule has 0 atom stereocenters. The third-order valence-corrected chi connectivity index (χ3v) is 2.71. The van der Waals surface area contributed by atoms with E-state index in [4.69, 9.17) is 23.2 Å². The molecule has 1 aromatic rings. The van der Waals surface area contributed by atoms with Gasteiger partial charge in [-0.3, -0.25) is 4.90 Å². The van der Waals surface area contributed by atoms with E-state index in [-0.39, 0.29) is 0 Å². The maximum absolute atomic E-state index is 5.89. The van der Waals surface area contributed by atoms with Crippen LogP contribution in [0.25, 0.3) is 0 Å². The van der Waals surface area contributed by atoms with Gasteiger partial charge in [0.25, 0.3) is 0 Å². The van der Waals surface area contributed by atoms with E-state index in [2.05, 4.69) is 4.90 Å². The smallest absolute Gasteiger partial charge is 0.0424 e. The molecule has 1 aromatic carbocycles. The minimum atomic E-state index is 0.725. The van der Waals surface area contributed by atoms with Crippen molar-refractivity contribution in [1.29, 1.82) is 0 Å². The highest BCUT2D eigenvalue weighted by molar-refractivity contribution is 6.34. The Morgan fingerprint density at radius 1 is 1.08 bits per heavy atom. The topological polar surface area (TPSA) is 3.24 Å². The molecule has 0 N–H and O–H groups in total. The number of halogens is 2. The Bertz CT molecular complexity index is 288. The van der Waals surface area contributed by atoms with E-state index in [0.717, 1.165) is 16.6 Å². The number of benzene rings is 1. The lowest BCUT2D eigenvalue weighted by molar-refractivity contribution is 0.172. The molecule has 1 nitrogen and oxygen atoms in total. The van der Waals surface area contributed by atoms with Gasteiger partial charge in [-0.25, -0.2) is 0 Å². The quantitative estimate of drug-likeness (QED) is 0.733. The van der Waals surface area contributed by atoms with E-state index in [1.54, 1.807) is 6.07 Å². The van der Waals surface area contributed by atoms with Crippen molar-refractivity contribution in [2.45, 2.75) is 13.0 Å². The second-order valence-corrected chi connectivity index (χ2v) is 4.28. The van der Waals surface area contributed by atoms with Crippen LogP contribution in [0.2, 0.25) is 10.0 Å². The van der Waals surface area contributed by atoms with E-state index in [0.29, 0.717) is 0 Å². The van der Waals surface area contributed by atoms with Gasteiger partial charge >= 0.3 is 0 Å². The Hall–Kier alpha value is -0.240. The van der Waals surface area contributed by atoms with Crippen LogP contribution in [0.1, 0.15) is 12.0 Å². The lowest BCUT2D eigenvalue weighted by atomic mass is 10.1. The van der Waals surface area contributed by atoms with Crippen LogP contribution in [-0.4, -0.2) is 18.0 Å². The molecule has 1 aliphatic rings. The van der Waals surface area contributed by atoms with Crippen molar-refractivity contribution < 1.29 is 0 Å². The van der Waals surface area contributed by atoms with Gasteiger partial charge in [-0.15, -0.1) is 0 Å². The first-order chi connectivity index (χ1) is 6.24. The summed E-state index contributed by atoms with van der Waals surface area (Å²) in [5.74, 6) is 0. The summed E-state index contributed by atoms with van der Waals surface area (Å²) in [6.07, 6.45) is 1.31. The lowest BCUT2D eigenvalue weighted by Crippen LogP contribution is -2.36. The highest BCUT2D eigenvalue weighted by Crippen LogP contribution is 2.21. The average Bonchev–Trinajstić information content (AvgIpc) is 1.95. The zero-order chi connectivity index (χ0) is 9.26. The molecule has 13 heavy (non-hydrogen) atoms. The Kier molecular flexibility index (Phi) is 2.77. The summed E-state index contributed by atoms with van der Waals surface area (Å²) in [4.78, 5) is 2.38. The molecular formula is C10H11Cl2N. The second-order valence-electron chi connectivity index (χ2n) is 3.41. The summed E-state index contributed by atoms with van der Waals surface area (Å²) in [6, 6.07) is 5.72. The largest absolute Gasteiger partial charge is 0.299 e. The molecule has 0 radical (unpaired) electrons. The van der Waals surface area contributed by atoms with Gasteiger partial charge in [-0.05, 0) is 43.3 Å². The highest BCUT2D eigenvalue weighted by Gasteiger charge is 2.13. The lowest BCUT2D eigenvalue weighted by Gasteiger charge is -2.30. The fraction of sp³-hybridized carbons (Fsp3) is 0.400. The third-order valence-electron chi connectivity index (χ3n) is 2.28. The predicted molar refractivity (Wildman–Crippen MR) is 56.4 cm³/mol. The molecule has 0 spiro atoms. The maximum Gasteiger partial charge on any atom is 0.0424 e. The van der Waals surface area contributed by atoms with Gasteiger partial charge in [-0.1, -0.05) is 23.2 Å². The molecule has 1 aliphatic heterocycles. The zero-order valence-corrected chi connectivity index (χ0v) is 8.78. The van der Waals surface area contributed by atoms with E-state index >= 15 is 0 Å². The minimum absolute atomic E-state index is 0.725. The van der Waals surface area contributed by atoms with Crippen molar-refractivity contribution in [2.75, 3.05) is 13.1 Å². The molecule has 3 heteroatoms. The molecule has 1 fully saturated rings. The Morgan fingerprint density at radius 2 is 1.69 bits per heavy atom. The van der Waals surface area contributed by atoms with Crippen LogP contribution in [0.4, 0.5) is 0 Å². The van der Waals surface area contributed by atoms with Crippen LogP contribution in [0, 0.1) is 0 Å². The summed E-state index contributed by atoms with van der Waals surface area (Å²) in [5.41, 5.74) is 1.21. The van der Waals surface area contributed by atoms with Crippen molar-refractivity contribution in [3.05, 3.63) is 33.8 Å². The second kappa shape index (κ2) is 3.87. The van der Waals surface area contributed by atoms with Crippen molar-refractivity contribution in [2.24, 2.45) is 0 Å². The van der Waals surface area contributed by atoms with E-state index in [1.807, 2.05) is 12.1 Å². The zero-order valence-electron chi connectivity index (χ0n) is 7.26. The van der Waals surface area contributed by atoms with Gasteiger partial charge in [0.1, 0.15) is 0 Å². The minimum Gasteiger partial charge on any atom is -0.299 e. The summed E-state index contributed by atoms with van der Waals surface area (Å²) >= 11 is 11.8. The van der Waals surface area contributed by atoms with Crippen LogP contribution in [0.5, 0.6) is 0 Å². The molecule has 0 bridgehead atoms. The van der Waals surface area contributed by atoms with E-state index in [1.165, 1.54) is 25.1 Å². The molecule has 0 amide bonds. The van der Waals surface area contributed by atoms with E-state index < -0.39 is 0 Å². The van der Waals surface area contributed by atoms with Crippen LogP contribution in [-0.2, 0) is 6.54 Å². The number of hydrogen-bond acceptors (Lipinski definition) is 1. The SMILES string of the molecule is Clc1cc(Cl)cc(CN2CCC2)c1. The molecule has 0 aliphatic carbocycles. The van der Waals surface area contributed by atoms with Crippen molar-refractivity contribution >= 4 is 23.2 Å². The van der Waals surface area contributed by atoms with Crippen molar-refractivity contribution in [3.8, 4) is 0 Å². The fourth-order valence-electron chi connectivity index (χ4n) is 1.50. The average molecular weight is 216 g/mol. The first-order valence-corrected chi connectivity index (χ1v) is 5.17. The molecule has 0 aromatic heterocycles. The number of hydrogen-bond donors (Lipinski definition) is 0. The summed E-state index contributed by atoms with van der Waals surface area (Å²) in [6.45, 7) is 3.37. The molecule has 1 heterocycles. The van der Waals surface area contributed by atoms with Gasteiger partial charge in [0.05, 0.1) is 0 Å². The normalized spacial score (nSPS) is 17.1. The summed E-state index contributed by atoms with van der Waals surface area (Å²) in [7, 11) is 0. The summed E-state index contributed by atoms with van der Waals surface area (Å²) < 4.78 is 0. The number of rotatable bonds is 2. The Balaban J connectivity index is 2.10. The molecule has 70 valence electrons. The van der Waals surface area contributed by atoms with Crippen LogP contribution < -0.4 is 0 Å². The Morgan fingerprint density at radius 3 is 2.15 bits per heavy atom. The van der Waals surface area contributed by atoms with Crippen molar-refractivity contribution in [1.82, 2.24) is 4.90 Å². The Labute approximate surface area is 88.3 Å². The van der Waals surface area contributed by atoms with Crippen LogP contribution >= 0.6 is 23.2 Å². The predicted octanol–water partition coefficient (Wildman–Crippen LogP) is 3.20. The molecule has 1 saturated heterocycles. The molecule has 2 rings (SSSR count). The van der Waals surface area contributed by atoms with Gasteiger partial charge < -0.3 is 0 Å². The standard InChI is InChI=1S/C10H11Cl2N/c11-9-4-8(5-10(12)6-9)7-13-2-1-3-13/h4-6H,1-3,7H2.